The van der Waals surface area contributed by atoms with Crippen LogP contribution in [0.1, 0.15) is 36.6 Å². The minimum Gasteiger partial charge on any atom is -0.507 e. The van der Waals surface area contributed by atoms with Crippen LogP contribution < -0.4 is 4.74 Å². The van der Waals surface area contributed by atoms with Gasteiger partial charge in [0.05, 0.1) is 30.9 Å². The molecule has 2 aliphatic heterocycles. The van der Waals surface area contributed by atoms with Gasteiger partial charge in [0.15, 0.2) is 0 Å². The summed E-state index contributed by atoms with van der Waals surface area (Å²) in [6, 6.07) is 9.93. The van der Waals surface area contributed by atoms with E-state index < -0.39 is 23.5 Å². The average molecular weight is 425 g/mol. The zero-order chi connectivity index (χ0) is 22.1. The van der Waals surface area contributed by atoms with Crippen LogP contribution >= 0.6 is 0 Å². The first kappa shape index (κ1) is 21.1. The number of Topliss-reactive ketones (excluding diaryl/α,β-unsaturated/α-hetero) is 1. The third kappa shape index (κ3) is 4.05. The minimum absolute atomic E-state index is 0.0139. The highest BCUT2D eigenvalue weighted by Crippen LogP contribution is 2.40. The lowest BCUT2D eigenvalue weighted by atomic mass is 9.94. The predicted molar refractivity (Wildman–Crippen MR) is 112 cm³/mol. The largest absolute Gasteiger partial charge is 0.507 e. The van der Waals surface area contributed by atoms with Crippen LogP contribution in [-0.4, -0.2) is 47.6 Å². The maximum absolute atomic E-state index is 13.5. The Morgan fingerprint density at radius 3 is 2.68 bits per heavy atom. The molecule has 2 aromatic carbocycles. The van der Waals surface area contributed by atoms with E-state index in [1.807, 2.05) is 13.8 Å². The van der Waals surface area contributed by atoms with E-state index >= 15 is 0 Å². The number of likely N-dealkylation sites (tertiary alicyclic amines) is 1. The number of fused-ring (bicyclic) bond motifs is 1. The molecule has 0 saturated carbocycles. The van der Waals surface area contributed by atoms with Crippen molar-refractivity contribution < 1.29 is 28.6 Å². The van der Waals surface area contributed by atoms with Crippen molar-refractivity contribution in [2.75, 3.05) is 19.8 Å². The molecule has 2 heterocycles. The second-order valence-corrected chi connectivity index (χ2v) is 7.88. The molecule has 1 atom stereocenters. The Morgan fingerprint density at radius 1 is 1.23 bits per heavy atom. The summed E-state index contributed by atoms with van der Waals surface area (Å²) in [6.45, 7) is 4.72. The standard InChI is InChI=1S/C24H24FNO5/c1-14(2)30-12-10-26-21(15-3-6-18(25)7-4-15)20(23(28)24(26)29)22(27)17-5-8-19-16(13-17)9-11-31-19/h3-8,13-14,21,27H,9-12H2,1-2H3/b22-20-. The van der Waals surface area contributed by atoms with Gasteiger partial charge in [-0.05, 0) is 55.3 Å². The quantitative estimate of drug-likeness (QED) is 0.435. The fraction of sp³-hybridized carbons (Fsp3) is 0.333. The number of hydrogen-bond acceptors (Lipinski definition) is 5. The lowest BCUT2D eigenvalue weighted by molar-refractivity contribution is -0.140. The van der Waals surface area contributed by atoms with Crippen molar-refractivity contribution in [3.63, 3.8) is 0 Å². The summed E-state index contributed by atoms with van der Waals surface area (Å²) >= 11 is 0. The minimum atomic E-state index is -0.833. The highest BCUT2D eigenvalue weighted by atomic mass is 19.1. The van der Waals surface area contributed by atoms with E-state index in [0.717, 1.165) is 11.3 Å². The summed E-state index contributed by atoms with van der Waals surface area (Å²) < 4.78 is 24.6. The number of halogens is 1. The second kappa shape index (κ2) is 8.51. The van der Waals surface area contributed by atoms with Gasteiger partial charge >= 0.3 is 0 Å². The highest BCUT2D eigenvalue weighted by Gasteiger charge is 2.46. The molecule has 1 amide bonds. The summed E-state index contributed by atoms with van der Waals surface area (Å²) in [5.74, 6) is -1.42. The Bertz CT molecular complexity index is 1040. The normalized spacial score (nSPS) is 19.7. The van der Waals surface area contributed by atoms with Crippen molar-refractivity contribution >= 4 is 17.4 Å². The number of benzene rings is 2. The van der Waals surface area contributed by atoms with E-state index in [1.165, 1.54) is 29.2 Å². The number of carbonyl (C=O) groups is 2. The smallest absolute Gasteiger partial charge is 0.295 e. The van der Waals surface area contributed by atoms with E-state index in [0.29, 0.717) is 24.2 Å². The van der Waals surface area contributed by atoms with Gasteiger partial charge in [0, 0.05) is 18.5 Å². The van der Waals surface area contributed by atoms with Crippen molar-refractivity contribution in [2.45, 2.75) is 32.4 Å². The summed E-state index contributed by atoms with van der Waals surface area (Å²) in [5, 5.41) is 11.1. The molecule has 7 heteroatoms. The maximum Gasteiger partial charge on any atom is 0.295 e. The fourth-order valence-electron chi connectivity index (χ4n) is 3.98. The molecule has 0 bridgehead atoms. The summed E-state index contributed by atoms with van der Waals surface area (Å²) in [5.41, 5.74) is 1.89. The molecular formula is C24H24FNO5. The number of ketones is 1. The predicted octanol–water partition coefficient (Wildman–Crippen LogP) is 3.61. The summed E-state index contributed by atoms with van der Waals surface area (Å²) in [4.78, 5) is 27.2. The molecule has 31 heavy (non-hydrogen) atoms. The zero-order valence-corrected chi connectivity index (χ0v) is 17.4. The van der Waals surface area contributed by atoms with Gasteiger partial charge in [0.1, 0.15) is 17.3 Å². The second-order valence-electron chi connectivity index (χ2n) is 7.88. The molecule has 0 aromatic heterocycles. The van der Waals surface area contributed by atoms with Gasteiger partial charge in [0.2, 0.25) is 0 Å². The van der Waals surface area contributed by atoms with Crippen LogP contribution in [0.2, 0.25) is 0 Å². The third-order valence-corrected chi connectivity index (χ3v) is 5.47. The lowest BCUT2D eigenvalue weighted by Crippen LogP contribution is -2.33. The number of amides is 1. The Labute approximate surface area is 179 Å². The van der Waals surface area contributed by atoms with Crippen LogP contribution in [0.4, 0.5) is 4.39 Å². The van der Waals surface area contributed by atoms with Crippen LogP contribution in [0.3, 0.4) is 0 Å². The fourth-order valence-corrected chi connectivity index (χ4v) is 3.98. The van der Waals surface area contributed by atoms with E-state index in [2.05, 4.69) is 0 Å². The number of aliphatic hydroxyl groups excluding tert-OH is 1. The van der Waals surface area contributed by atoms with Gasteiger partial charge in [-0.3, -0.25) is 9.59 Å². The van der Waals surface area contributed by atoms with Crippen molar-refractivity contribution in [1.29, 1.82) is 0 Å². The lowest BCUT2D eigenvalue weighted by Gasteiger charge is -2.25. The molecule has 1 unspecified atom stereocenters. The number of aliphatic hydroxyl groups is 1. The molecule has 2 aromatic rings. The van der Waals surface area contributed by atoms with Crippen LogP contribution in [-0.2, 0) is 20.7 Å². The molecule has 1 N–H and O–H groups in total. The summed E-state index contributed by atoms with van der Waals surface area (Å²) in [7, 11) is 0. The van der Waals surface area contributed by atoms with Crippen LogP contribution in [0.25, 0.3) is 5.76 Å². The molecule has 1 saturated heterocycles. The number of rotatable bonds is 6. The van der Waals surface area contributed by atoms with Gasteiger partial charge in [-0.1, -0.05) is 12.1 Å². The van der Waals surface area contributed by atoms with Gasteiger partial charge in [-0.25, -0.2) is 4.39 Å². The van der Waals surface area contributed by atoms with Crippen LogP contribution in [0, 0.1) is 5.82 Å². The Morgan fingerprint density at radius 2 is 1.97 bits per heavy atom. The van der Waals surface area contributed by atoms with E-state index in [1.54, 1.807) is 18.2 Å². The van der Waals surface area contributed by atoms with Crippen molar-refractivity contribution in [3.8, 4) is 5.75 Å². The van der Waals surface area contributed by atoms with E-state index in [-0.39, 0.29) is 30.6 Å². The molecular weight excluding hydrogens is 401 g/mol. The van der Waals surface area contributed by atoms with Crippen LogP contribution in [0.5, 0.6) is 5.75 Å². The van der Waals surface area contributed by atoms with Gasteiger partial charge in [0.25, 0.3) is 11.7 Å². The third-order valence-electron chi connectivity index (χ3n) is 5.47. The first-order valence-electron chi connectivity index (χ1n) is 10.3. The van der Waals surface area contributed by atoms with Gasteiger partial charge in [-0.15, -0.1) is 0 Å². The zero-order valence-electron chi connectivity index (χ0n) is 17.4. The molecule has 0 spiro atoms. The van der Waals surface area contributed by atoms with Crippen molar-refractivity contribution in [3.05, 3.63) is 70.5 Å². The van der Waals surface area contributed by atoms with E-state index in [4.69, 9.17) is 9.47 Å². The Kier molecular flexibility index (Phi) is 5.78. The van der Waals surface area contributed by atoms with Crippen molar-refractivity contribution in [2.24, 2.45) is 0 Å². The first-order chi connectivity index (χ1) is 14.9. The van der Waals surface area contributed by atoms with Crippen molar-refractivity contribution in [1.82, 2.24) is 4.90 Å². The van der Waals surface area contributed by atoms with Crippen LogP contribution in [0.15, 0.2) is 48.0 Å². The molecule has 4 rings (SSSR count). The van der Waals surface area contributed by atoms with Gasteiger partial charge in [-0.2, -0.15) is 0 Å². The average Bonchev–Trinajstić information content (AvgIpc) is 3.31. The first-order valence-corrected chi connectivity index (χ1v) is 10.3. The van der Waals surface area contributed by atoms with E-state index in [9.17, 15) is 19.1 Å². The SMILES string of the molecule is CC(C)OCCN1C(=O)C(=O)/C(=C(\O)c2ccc3c(c2)CCO3)C1c1ccc(F)cc1. The monoisotopic (exact) mass is 425 g/mol. The Balaban J connectivity index is 1.78. The van der Waals surface area contributed by atoms with Gasteiger partial charge < -0.3 is 19.5 Å². The molecule has 162 valence electrons. The summed E-state index contributed by atoms with van der Waals surface area (Å²) in [6.07, 6.45) is 0.674. The molecule has 6 nitrogen and oxygen atoms in total. The number of ether oxygens (including phenoxy) is 2. The topological polar surface area (TPSA) is 76.1 Å². The number of nitrogens with zero attached hydrogens (tertiary/aromatic N) is 1. The molecule has 1 fully saturated rings. The number of carbonyl (C=O) groups excluding carboxylic acids is 2. The maximum atomic E-state index is 13.5. The molecule has 2 aliphatic rings. The molecule has 0 radical (unpaired) electrons. The number of hydrogen-bond donors (Lipinski definition) is 1. The Hall–Kier alpha value is -3.19. The highest BCUT2D eigenvalue weighted by molar-refractivity contribution is 6.46. The molecule has 0 aliphatic carbocycles.